The van der Waals surface area contributed by atoms with Crippen LogP contribution in [-0.4, -0.2) is 18.3 Å². The first-order chi connectivity index (χ1) is 6.35. The molecule has 0 spiro atoms. The molecule has 76 valence electrons. The van der Waals surface area contributed by atoms with Gasteiger partial charge in [0, 0.05) is 0 Å². The summed E-state index contributed by atoms with van der Waals surface area (Å²) in [6, 6.07) is 9.43. The fraction of sp³-hybridized carbons (Fsp3) is 0.250. The molecule has 0 aliphatic carbocycles. The average Bonchev–Trinajstić information content (AvgIpc) is 2.18. The Kier molecular flexibility index (Phi) is 12.1. The molecule has 1 rings (SSSR count). The van der Waals surface area contributed by atoms with Crippen molar-refractivity contribution in [3.05, 3.63) is 30.3 Å². The van der Waals surface area contributed by atoms with E-state index in [9.17, 15) is 0 Å². The summed E-state index contributed by atoms with van der Waals surface area (Å²) in [6.45, 7) is 0.429. The first-order valence-electron chi connectivity index (χ1n) is 3.49. The van der Waals surface area contributed by atoms with E-state index >= 15 is 0 Å². The van der Waals surface area contributed by atoms with Crippen LogP contribution in [0.4, 0.5) is 0 Å². The zero-order valence-corrected chi connectivity index (χ0v) is 13.6. The van der Waals surface area contributed by atoms with E-state index in [0.717, 1.165) is 5.75 Å². The first-order valence-corrected chi connectivity index (χ1v) is 17.9. The van der Waals surface area contributed by atoms with Crippen LogP contribution in [0.25, 0.3) is 0 Å². The molecule has 0 amide bonds. The van der Waals surface area contributed by atoms with Gasteiger partial charge in [-0.05, 0) is 12.1 Å². The van der Waals surface area contributed by atoms with Gasteiger partial charge in [-0.1, -0.05) is 18.2 Å². The molecule has 5 heteroatoms. The van der Waals surface area contributed by atoms with E-state index in [1.807, 2.05) is 30.3 Å². The molecule has 1 aromatic rings. The SMILES string of the molecule is OCCOc1ccccc1.[I][Os][I]. The predicted molar refractivity (Wildman–Crippen MR) is 67.1 cm³/mol. The number of aliphatic hydroxyl groups is 1. The summed E-state index contributed by atoms with van der Waals surface area (Å²) < 4.78 is 5.11. The van der Waals surface area contributed by atoms with Crippen molar-refractivity contribution in [2.24, 2.45) is 0 Å². The van der Waals surface area contributed by atoms with Crippen LogP contribution in [0.2, 0.25) is 0 Å². The normalized spacial score (nSPS) is 8.85. The third kappa shape index (κ3) is 9.38. The Balaban J connectivity index is 0.000000424. The molecule has 1 N–H and O–H groups in total. The molecular formula is C8H10I2O2Os. The van der Waals surface area contributed by atoms with E-state index in [2.05, 4.69) is 39.3 Å². The van der Waals surface area contributed by atoms with Crippen molar-refractivity contribution < 1.29 is 20.2 Å². The Bertz CT molecular complexity index is 197. The topological polar surface area (TPSA) is 29.5 Å². The molecule has 1 aromatic carbocycles. The summed E-state index contributed by atoms with van der Waals surface area (Å²) in [6.07, 6.45) is 0. The van der Waals surface area contributed by atoms with Crippen LogP contribution in [0.15, 0.2) is 30.3 Å². The molecule has 0 unspecified atom stereocenters. The van der Waals surface area contributed by atoms with Crippen LogP contribution in [-0.2, 0) is 10.3 Å². The number of hydrogen-bond acceptors (Lipinski definition) is 2. The molecule has 13 heavy (non-hydrogen) atoms. The monoisotopic (exact) mass is 584 g/mol. The van der Waals surface area contributed by atoms with E-state index in [0.29, 0.717) is 16.9 Å². The number of benzene rings is 1. The second-order valence-corrected chi connectivity index (χ2v) is 20.5. The van der Waals surface area contributed by atoms with E-state index < -0.39 is 0 Å². The van der Waals surface area contributed by atoms with Gasteiger partial charge in [-0.15, -0.1) is 0 Å². The Labute approximate surface area is 107 Å². The van der Waals surface area contributed by atoms with Crippen molar-refractivity contribution in [2.45, 2.75) is 0 Å². The quantitative estimate of drug-likeness (QED) is 0.557. The van der Waals surface area contributed by atoms with Gasteiger partial charge in [0.15, 0.2) is 0 Å². The molecular weight excluding hydrogens is 572 g/mol. The van der Waals surface area contributed by atoms with E-state index in [4.69, 9.17) is 9.84 Å². The molecule has 0 radical (unpaired) electrons. The maximum absolute atomic E-state index is 8.40. The number of hydrogen-bond donors (Lipinski definition) is 1. The Morgan fingerprint density at radius 3 is 2.23 bits per heavy atom. The number of aliphatic hydroxyl groups excluding tert-OH is 1. The van der Waals surface area contributed by atoms with Gasteiger partial charge in [0.05, 0.1) is 6.61 Å². The minimum atomic E-state index is 0.0644. The molecule has 0 saturated heterocycles. The molecule has 0 bridgehead atoms. The molecule has 0 atom stereocenters. The van der Waals surface area contributed by atoms with Gasteiger partial charge in [0.25, 0.3) is 0 Å². The molecule has 0 heterocycles. The van der Waals surface area contributed by atoms with Crippen molar-refractivity contribution in [1.82, 2.24) is 0 Å². The molecule has 0 aromatic heterocycles. The standard InChI is InChI=1S/C8H10O2.2HI.Os/c9-6-7-10-8-4-2-1-3-5-8;;;/h1-5,9H,6-7H2;2*1H;/q;;;+2/p-2. The molecule has 2 nitrogen and oxygen atoms in total. The van der Waals surface area contributed by atoms with Crippen LogP contribution < -0.4 is 4.74 Å². The van der Waals surface area contributed by atoms with Gasteiger partial charge in [0.1, 0.15) is 12.4 Å². The molecule has 0 aliphatic rings. The van der Waals surface area contributed by atoms with E-state index in [1.54, 1.807) is 0 Å². The van der Waals surface area contributed by atoms with Crippen molar-refractivity contribution in [3.63, 3.8) is 0 Å². The fourth-order valence-corrected chi connectivity index (χ4v) is 0.680. The fourth-order valence-electron chi connectivity index (χ4n) is 0.680. The van der Waals surface area contributed by atoms with Crippen molar-refractivity contribution in [3.8, 4) is 5.75 Å². The number of para-hydroxylation sites is 1. The van der Waals surface area contributed by atoms with Crippen molar-refractivity contribution >= 4 is 39.3 Å². The summed E-state index contributed by atoms with van der Waals surface area (Å²) in [5, 5.41) is 8.40. The number of ether oxygens (including phenoxy) is 1. The van der Waals surface area contributed by atoms with E-state index in [1.165, 1.54) is 0 Å². The summed E-state index contributed by atoms with van der Waals surface area (Å²) in [5.41, 5.74) is 0. The van der Waals surface area contributed by atoms with Gasteiger partial charge in [-0.3, -0.25) is 0 Å². The van der Waals surface area contributed by atoms with Gasteiger partial charge in [-0.25, -0.2) is 0 Å². The predicted octanol–water partition coefficient (Wildman–Crippen LogP) is 2.83. The zero-order valence-electron chi connectivity index (χ0n) is 6.77. The van der Waals surface area contributed by atoms with Crippen molar-refractivity contribution in [1.29, 1.82) is 0 Å². The third-order valence-corrected chi connectivity index (χ3v) is 1.10. The molecule has 0 fully saturated rings. The van der Waals surface area contributed by atoms with Gasteiger partial charge in [-0.2, -0.15) is 0 Å². The van der Waals surface area contributed by atoms with E-state index in [-0.39, 0.29) is 6.61 Å². The number of halogens is 2. The molecule has 0 saturated carbocycles. The second kappa shape index (κ2) is 11.2. The van der Waals surface area contributed by atoms with Crippen LogP contribution in [0.5, 0.6) is 5.75 Å². The average molecular weight is 582 g/mol. The Morgan fingerprint density at radius 2 is 1.77 bits per heavy atom. The zero-order chi connectivity index (χ0) is 9.94. The van der Waals surface area contributed by atoms with Gasteiger partial charge in [0.2, 0.25) is 0 Å². The number of rotatable bonds is 3. The van der Waals surface area contributed by atoms with Crippen LogP contribution in [0.1, 0.15) is 0 Å². The second-order valence-electron chi connectivity index (χ2n) is 1.94. The summed E-state index contributed by atoms with van der Waals surface area (Å²) in [7, 11) is 0.357. The first kappa shape index (κ1) is 14.1. The summed E-state index contributed by atoms with van der Waals surface area (Å²) >= 11 is 4.83. The maximum atomic E-state index is 8.40. The van der Waals surface area contributed by atoms with Gasteiger partial charge < -0.3 is 9.84 Å². The van der Waals surface area contributed by atoms with Crippen LogP contribution >= 0.6 is 39.3 Å². The minimum absolute atomic E-state index is 0.0644. The van der Waals surface area contributed by atoms with Crippen LogP contribution in [0.3, 0.4) is 0 Å². The van der Waals surface area contributed by atoms with Crippen LogP contribution in [0, 0.1) is 0 Å². The van der Waals surface area contributed by atoms with Crippen molar-refractivity contribution in [2.75, 3.05) is 13.2 Å². The Morgan fingerprint density at radius 1 is 1.23 bits per heavy atom. The third-order valence-electron chi connectivity index (χ3n) is 1.10. The summed E-state index contributed by atoms with van der Waals surface area (Å²) in [4.78, 5) is 0. The Hall–Kier alpha value is 1.08. The molecule has 0 aliphatic heterocycles. The summed E-state index contributed by atoms with van der Waals surface area (Å²) in [5.74, 6) is 0.802. The van der Waals surface area contributed by atoms with Gasteiger partial charge >= 0.3 is 49.7 Å².